The number of anilines is 1. The predicted molar refractivity (Wildman–Crippen MR) is 97.8 cm³/mol. The molecule has 1 fully saturated rings. The average Bonchev–Trinajstić information content (AvgIpc) is 3.21. The van der Waals surface area contributed by atoms with Crippen LogP contribution in [-0.2, 0) is 11.2 Å². The lowest BCUT2D eigenvalue weighted by Gasteiger charge is -2.03. The highest BCUT2D eigenvalue weighted by molar-refractivity contribution is 7.15. The highest BCUT2D eigenvalue weighted by Crippen LogP contribution is 2.27. The number of hydrogen-bond donors (Lipinski definition) is 2. The van der Waals surface area contributed by atoms with Crippen LogP contribution in [0.4, 0.5) is 5.13 Å². The molecule has 1 heterocycles. The molecule has 1 amide bonds. The van der Waals surface area contributed by atoms with E-state index in [0.29, 0.717) is 11.7 Å². The van der Waals surface area contributed by atoms with Crippen LogP contribution >= 0.6 is 35.3 Å². The van der Waals surface area contributed by atoms with Crippen LogP contribution in [0.25, 0.3) is 0 Å². The maximum atomic E-state index is 11.8. The van der Waals surface area contributed by atoms with Crippen molar-refractivity contribution in [3.63, 3.8) is 0 Å². The number of thiazole rings is 1. The molecular formula is C16H19Cl2N3OS. The smallest absolute Gasteiger partial charge is 0.240 e. The van der Waals surface area contributed by atoms with Gasteiger partial charge in [0.05, 0.1) is 6.54 Å². The SMILES string of the molecule is Cl.O=C(CNCC1CC1)Nc1ncc(Cc2ccccc2Cl)s1. The Labute approximate surface area is 151 Å². The van der Waals surface area contributed by atoms with Gasteiger partial charge < -0.3 is 10.6 Å². The van der Waals surface area contributed by atoms with Gasteiger partial charge in [0, 0.05) is 22.5 Å². The second kappa shape index (κ2) is 8.64. The Hall–Kier alpha value is -1.14. The molecule has 1 aliphatic carbocycles. The summed E-state index contributed by atoms with van der Waals surface area (Å²) in [5, 5.41) is 7.39. The van der Waals surface area contributed by atoms with E-state index in [9.17, 15) is 4.79 Å². The van der Waals surface area contributed by atoms with Crippen LogP contribution < -0.4 is 10.6 Å². The molecule has 0 saturated heterocycles. The minimum Gasteiger partial charge on any atom is -0.308 e. The van der Waals surface area contributed by atoms with Gasteiger partial charge in [-0.05, 0) is 36.9 Å². The van der Waals surface area contributed by atoms with Gasteiger partial charge in [0.1, 0.15) is 0 Å². The molecule has 1 saturated carbocycles. The lowest BCUT2D eigenvalue weighted by atomic mass is 10.1. The molecule has 3 rings (SSSR count). The van der Waals surface area contributed by atoms with Crippen LogP contribution in [0.5, 0.6) is 0 Å². The fourth-order valence-electron chi connectivity index (χ4n) is 2.15. The van der Waals surface area contributed by atoms with Crippen molar-refractivity contribution >= 4 is 46.4 Å². The van der Waals surface area contributed by atoms with E-state index < -0.39 is 0 Å². The van der Waals surface area contributed by atoms with Crippen molar-refractivity contribution in [2.45, 2.75) is 19.3 Å². The first-order valence-corrected chi connectivity index (χ1v) is 8.59. The molecular weight excluding hydrogens is 353 g/mol. The number of nitrogens with one attached hydrogen (secondary N) is 2. The number of nitrogens with zero attached hydrogens (tertiary/aromatic N) is 1. The summed E-state index contributed by atoms with van der Waals surface area (Å²) in [6.45, 7) is 1.28. The fourth-order valence-corrected chi connectivity index (χ4v) is 3.21. The highest BCUT2D eigenvalue weighted by Gasteiger charge is 2.20. The third-order valence-electron chi connectivity index (χ3n) is 3.54. The van der Waals surface area contributed by atoms with E-state index in [1.807, 2.05) is 24.3 Å². The molecule has 2 N–H and O–H groups in total. The summed E-state index contributed by atoms with van der Waals surface area (Å²) in [6.07, 6.45) is 5.09. The fraction of sp³-hybridized carbons (Fsp3) is 0.375. The summed E-state index contributed by atoms with van der Waals surface area (Å²) < 4.78 is 0. The third kappa shape index (κ3) is 5.77. The van der Waals surface area contributed by atoms with E-state index >= 15 is 0 Å². The zero-order valence-corrected chi connectivity index (χ0v) is 14.9. The molecule has 0 spiro atoms. The zero-order valence-electron chi connectivity index (χ0n) is 12.5. The van der Waals surface area contributed by atoms with E-state index in [4.69, 9.17) is 11.6 Å². The summed E-state index contributed by atoms with van der Waals surface area (Å²) in [5.41, 5.74) is 1.07. The number of rotatable bonds is 7. The van der Waals surface area contributed by atoms with Crippen molar-refractivity contribution in [1.82, 2.24) is 10.3 Å². The first-order chi connectivity index (χ1) is 10.7. The summed E-state index contributed by atoms with van der Waals surface area (Å²) in [7, 11) is 0. The number of carbonyl (C=O) groups is 1. The first-order valence-electron chi connectivity index (χ1n) is 7.39. The number of halogens is 2. The summed E-state index contributed by atoms with van der Waals surface area (Å²) in [4.78, 5) is 17.1. The average molecular weight is 372 g/mol. The Morgan fingerprint density at radius 3 is 2.87 bits per heavy atom. The Morgan fingerprint density at radius 1 is 1.35 bits per heavy atom. The largest absolute Gasteiger partial charge is 0.308 e. The molecule has 7 heteroatoms. The molecule has 2 aromatic rings. The summed E-state index contributed by atoms with van der Waals surface area (Å²) in [6, 6.07) is 7.77. The number of hydrogen-bond acceptors (Lipinski definition) is 4. The van der Waals surface area contributed by atoms with Crippen molar-refractivity contribution in [3.8, 4) is 0 Å². The van der Waals surface area contributed by atoms with E-state index in [0.717, 1.165) is 34.3 Å². The molecule has 1 aromatic heterocycles. The summed E-state index contributed by atoms with van der Waals surface area (Å²) >= 11 is 7.65. The molecule has 124 valence electrons. The monoisotopic (exact) mass is 371 g/mol. The minimum atomic E-state index is -0.0423. The maximum absolute atomic E-state index is 11.8. The molecule has 0 unspecified atom stereocenters. The second-order valence-electron chi connectivity index (χ2n) is 5.52. The van der Waals surface area contributed by atoms with Crippen molar-refractivity contribution in [2.24, 2.45) is 5.92 Å². The van der Waals surface area contributed by atoms with E-state index in [2.05, 4.69) is 15.6 Å². The Kier molecular flexibility index (Phi) is 6.84. The maximum Gasteiger partial charge on any atom is 0.240 e. The Bertz CT molecular complexity index is 658. The van der Waals surface area contributed by atoms with Crippen molar-refractivity contribution in [1.29, 1.82) is 0 Å². The molecule has 23 heavy (non-hydrogen) atoms. The van der Waals surface area contributed by atoms with Crippen molar-refractivity contribution in [2.75, 3.05) is 18.4 Å². The van der Waals surface area contributed by atoms with Crippen LogP contribution in [0.15, 0.2) is 30.5 Å². The standard InChI is InChI=1S/C16H18ClN3OS.ClH/c17-14-4-2-1-3-12(14)7-13-9-19-16(22-13)20-15(21)10-18-8-11-5-6-11;/h1-4,9,11,18H,5-8,10H2,(H,19,20,21);1H. The topological polar surface area (TPSA) is 54.0 Å². The first kappa shape index (κ1) is 18.2. The van der Waals surface area contributed by atoms with Gasteiger partial charge in [0.2, 0.25) is 5.91 Å². The van der Waals surface area contributed by atoms with E-state index in [-0.39, 0.29) is 18.3 Å². The van der Waals surface area contributed by atoms with Gasteiger partial charge in [-0.2, -0.15) is 0 Å². The Morgan fingerprint density at radius 2 is 2.13 bits per heavy atom. The third-order valence-corrected chi connectivity index (χ3v) is 4.82. The highest BCUT2D eigenvalue weighted by atomic mass is 35.5. The van der Waals surface area contributed by atoms with Crippen LogP contribution in [0.1, 0.15) is 23.3 Å². The lowest BCUT2D eigenvalue weighted by molar-refractivity contribution is -0.115. The van der Waals surface area contributed by atoms with Crippen LogP contribution in [0.3, 0.4) is 0 Å². The quantitative estimate of drug-likeness (QED) is 0.778. The predicted octanol–water partition coefficient (Wildman–Crippen LogP) is 3.75. The van der Waals surface area contributed by atoms with Gasteiger partial charge in [-0.3, -0.25) is 4.79 Å². The van der Waals surface area contributed by atoms with Gasteiger partial charge >= 0.3 is 0 Å². The van der Waals surface area contributed by atoms with Gasteiger partial charge in [-0.1, -0.05) is 29.8 Å². The molecule has 0 aliphatic heterocycles. The normalized spacial score (nSPS) is 13.4. The number of benzene rings is 1. The van der Waals surface area contributed by atoms with Crippen molar-refractivity contribution in [3.05, 3.63) is 45.9 Å². The van der Waals surface area contributed by atoms with Crippen LogP contribution in [0, 0.1) is 5.92 Å². The number of amides is 1. The van der Waals surface area contributed by atoms with Crippen LogP contribution in [-0.4, -0.2) is 24.0 Å². The van der Waals surface area contributed by atoms with Crippen molar-refractivity contribution < 1.29 is 4.79 Å². The van der Waals surface area contributed by atoms with E-state index in [1.165, 1.54) is 24.2 Å². The molecule has 4 nitrogen and oxygen atoms in total. The summed E-state index contributed by atoms with van der Waals surface area (Å²) in [5.74, 6) is 0.731. The zero-order chi connectivity index (χ0) is 15.4. The van der Waals surface area contributed by atoms with Gasteiger partial charge in [-0.15, -0.1) is 23.7 Å². The lowest BCUT2D eigenvalue weighted by Crippen LogP contribution is -2.29. The van der Waals surface area contributed by atoms with Gasteiger partial charge in [-0.25, -0.2) is 4.98 Å². The molecule has 0 atom stereocenters. The van der Waals surface area contributed by atoms with Gasteiger partial charge in [0.15, 0.2) is 5.13 Å². The molecule has 1 aliphatic rings. The molecule has 0 bridgehead atoms. The Balaban J connectivity index is 0.00000192. The molecule has 1 aromatic carbocycles. The second-order valence-corrected chi connectivity index (χ2v) is 7.04. The van der Waals surface area contributed by atoms with Crippen LogP contribution in [0.2, 0.25) is 5.02 Å². The number of carbonyl (C=O) groups excluding carboxylic acids is 1. The van der Waals surface area contributed by atoms with Gasteiger partial charge in [0.25, 0.3) is 0 Å². The minimum absolute atomic E-state index is 0. The number of aromatic nitrogens is 1. The van der Waals surface area contributed by atoms with E-state index in [1.54, 1.807) is 6.20 Å². The molecule has 0 radical (unpaired) electrons.